The van der Waals surface area contributed by atoms with Gasteiger partial charge in [-0.3, -0.25) is 9.36 Å². The van der Waals surface area contributed by atoms with E-state index in [4.69, 9.17) is 15.2 Å². The zero-order chi connectivity index (χ0) is 32.1. The van der Waals surface area contributed by atoms with Crippen molar-refractivity contribution in [2.45, 2.75) is 103 Å². The molecule has 2 aromatic rings. The van der Waals surface area contributed by atoms with Gasteiger partial charge in [-0.2, -0.15) is 0 Å². The van der Waals surface area contributed by atoms with E-state index in [1.807, 2.05) is 4.90 Å². The molecule has 5 N–H and O–H groups in total. The molecule has 2 amide bonds. The van der Waals surface area contributed by atoms with Crippen LogP contribution in [0.1, 0.15) is 78.0 Å². The van der Waals surface area contributed by atoms with Crippen molar-refractivity contribution in [1.29, 1.82) is 0 Å². The second-order valence-electron chi connectivity index (χ2n) is 13.3. The molecule has 2 aliphatic carbocycles. The maximum absolute atomic E-state index is 13.0. The van der Waals surface area contributed by atoms with Gasteiger partial charge in [0.15, 0.2) is 17.6 Å². The first-order chi connectivity index (χ1) is 21.6. The fourth-order valence-electron chi connectivity index (χ4n) is 6.29. The zero-order valence-electron chi connectivity index (χ0n) is 26.5. The number of fused-ring (bicyclic) bond motifs is 1. The molecule has 0 spiro atoms. The highest BCUT2D eigenvalue weighted by atomic mass is 16.6. The summed E-state index contributed by atoms with van der Waals surface area (Å²) in [5.74, 6) is 7.96. The van der Waals surface area contributed by atoms with Gasteiger partial charge in [0.05, 0.1) is 12.9 Å². The molecule has 246 valence electrons. The van der Waals surface area contributed by atoms with E-state index >= 15 is 0 Å². The number of likely N-dealkylation sites (tertiary alicyclic amines) is 1. The van der Waals surface area contributed by atoms with Crippen molar-refractivity contribution in [3.8, 4) is 11.8 Å². The molecule has 3 heterocycles. The van der Waals surface area contributed by atoms with Gasteiger partial charge in [0.2, 0.25) is 5.82 Å². The maximum Gasteiger partial charge on any atom is 0.410 e. The normalized spacial score (nSPS) is 23.8. The van der Waals surface area contributed by atoms with Gasteiger partial charge in [-0.05, 0) is 68.1 Å². The summed E-state index contributed by atoms with van der Waals surface area (Å²) in [5.41, 5.74) is 6.89. The average molecular weight is 626 g/mol. The van der Waals surface area contributed by atoms with Crippen LogP contribution in [0.5, 0.6) is 0 Å². The molecule has 5 atom stereocenters. The Hall–Kier alpha value is -3.47. The van der Waals surface area contributed by atoms with Crippen molar-refractivity contribution >= 4 is 29.0 Å². The topological polar surface area (TPSA) is 178 Å². The number of carbonyl (C=O) groups excluding carboxylic acids is 2. The summed E-state index contributed by atoms with van der Waals surface area (Å²) in [7, 11) is 0. The van der Waals surface area contributed by atoms with Gasteiger partial charge in [-0.25, -0.2) is 19.7 Å². The van der Waals surface area contributed by atoms with E-state index < -0.39 is 24.7 Å². The summed E-state index contributed by atoms with van der Waals surface area (Å²) in [6.45, 7) is 7.20. The molecule has 45 heavy (non-hydrogen) atoms. The van der Waals surface area contributed by atoms with Crippen LogP contribution in [0, 0.1) is 35.5 Å². The highest BCUT2D eigenvalue weighted by Crippen LogP contribution is 2.36. The summed E-state index contributed by atoms with van der Waals surface area (Å²) in [4.78, 5) is 40.4. The van der Waals surface area contributed by atoms with Crippen LogP contribution in [-0.2, 0) is 21.0 Å². The molecule has 13 heteroatoms. The lowest BCUT2D eigenvalue weighted by Crippen LogP contribution is -2.46. The quantitative estimate of drug-likeness (QED) is 0.287. The van der Waals surface area contributed by atoms with Crippen LogP contribution >= 0.6 is 0 Å². The number of aliphatic hydroxyl groups is 2. The number of ether oxygens (including phenoxy) is 2. The summed E-state index contributed by atoms with van der Waals surface area (Å²) in [6.07, 6.45) is 5.98. The summed E-state index contributed by atoms with van der Waals surface area (Å²) >= 11 is 0. The van der Waals surface area contributed by atoms with Crippen molar-refractivity contribution in [1.82, 2.24) is 29.7 Å². The molecule has 1 aliphatic heterocycles. The number of aliphatic hydroxyl groups excluding tert-OH is 2. The largest absolute Gasteiger partial charge is 0.446 e. The van der Waals surface area contributed by atoms with Crippen molar-refractivity contribution in [2.75, 3.05) is 25.4 Å². The van der Waals surface area contributed by atoms with Gasteiger partial charge in [0, 0.05) is 25.6 Å². The number of rotatable bonds is 10. The van der Waals surface area contributed by atoms with E-state index in [1.165, 1.54) is 12.7 Å². The van der Waals surface area contributed by atoms with Gasteiger partial charge in [-0.1, -0.05) is 33.1 Å². The molecule has 2 saturated carbocycles. The van der Waals surface area contributed by atoms with Gasteiger partial charge in [0.25, 0.3) is 5.91 Å². The minimum absolute atomic E-state index is 0.00197. The lowest BCUT2D eigenvalue weighted by atomic mass is 9.75. The van der Waals surface area contributed by atoms with E-state index in [-0.39, 0.29) is 36.6 Å². The highest BCUT2D eigenvalue weighted by Gasteiger charge is 2.35. The Bertz CT molecular complexity index is 1390. The van der Waals surface area contributed by atoms with Crippen LogP contribution < -0.4 is 11.1 Å². The number of imidazole rings is 1. The molecular formula is C32H47N7O6. The number of anilines is 1. The third-order valence-corrected chi connectivity index (χ3v) is 9.28. The maximum atomic E-state index is 13.0. The third-order valence-electron chi connectivity index (χ3n) is 9.28. The first-order valence-corrected chi connectivity index (χ1v) is 16.3. The van der Waals surface area contributed by atoms with Crippen molar-refractivity contribution in [3.05, 3.63) is 12.2 Å². The van der Waals surface area contributed by atoms with E-state index in [9.17, 15) is 19.8 Å². The van der Waals surface area contributed by atoms with E-state index in [0.29, 0.717) is 54.3 Å². The van der Waals surface area contributed by atoms with Crippen LogP contribution in [0.4, 0.5) is 10.6 Å². The first-order valence-electron chi connectivity index (χ1n) is 16.3. The van der Waals surface area contributed by atoms with Crippen LogP contribution in [0.2, 0.25) is 0 Å². The van der Waals surface area contributed by atoms with Crippen LogP contribution in [-0.4, -0.2) is 90.7 Å². The predicted molar refractivity (Wildman–Crippen MR) is 166 cm³/mol. The van der Waals surface area contributed by atoms with Crippen LogP contribution in [0.15, 0.2) is 6.33 Å². The molecule has 3 fully saturated rings. The number of nitrogen functional groups attached to an aromatic ring is 1. The Kier molecular flexibility index (Phi) is 10.8. The van der Waals surface area contributed by atoms with Crippen LogP contribution in [0.25, 0.3) is 11.2 Å². The number of nitrogens with two attached hydrogens (primary N) is 1. The lowest BCUT2D eigenvalue weighted by molar-refractivity contribution is -0.147. The average Bonchev–Trinajstić information content (AvgIpc) is 3.73. The zero-order valence-corrected chi connectivity index (χ0v) is 26.5. The SMILES string of the molecule is CC1CCC(C(C)C)C(OC(=O)N2CCC(CC#Cc3nc(N)c4ncn(CO[C@H](C(=O)NC5CC5)C(O)CO)c4n3)CC2)C1. The van der Waals surface area contributed by atoms with E-state index in [1.54, 1.807) is 4.57 Å². The highest BCUT2D eigenvalue weighted by molar-refractivity contribution is 5.82. The number of piperidine rings is 1. The summed E-state index contributed by atoms with van der Waals surface area (Å²) in [5, 5.41) is 22.3. The molecule has 1 saturated heterocycles. The second-order valence-corrected chi connectivity index (χ2v) is 13.3. The minimum Gasteiger partial charge on any atom is -0.446 e. The van der Waals surface area contributed by atoms with Gasteiger partial charge in [-0.15, -0.1) is 0 Å². The smallest absolute Gasteiger partial charge is 0.410 e. The molecule has 0 bridgehead atoms. The molecule has 3 aliphatic rings. The van der Waals surface area contributed by atoms with E-state index in [2.05, 4.69) is 52.9 Å². The molecule has 13 nitrogen and oxygen atoms in total. The number of amides is 2. The molecular weight excluding hydrogens is 578 g/mol. The Morgan fingerprint density at radius 3 is 2.60 bits per heavy atom. The minimum atomic E-state index is -1.38. The van der Waals surface area contributed by atoms with Crippen LogP contribution in [0.3, 0.4) is 0 Å². The molecule has 0 radical (unpaired) electrons. The lowest BCUT2D eigenvalue weighted by Gasteiger charge is -2.38. The third kappa shape index (κ3) is 8.42. The molecule has 0 aromatic carbocycles. The number of hydrogen-bond donors (Lipinski definition) is 4. The molecule has 2 aromatic heterocycles. The fourth-order valence-corrected chi connectivity index (χ4v) is 6.29. The fraction of sp³-hybridized carbons (Fsp3) is 0.719. The van der Waals surface area contributed by atoms with Gasteiger partial charge < -0.3 is 35.6 Å². The Morgan fingerprint density at radius 2 is 1.91 bits per heavy atom. The number of nitrogens with zero attached hydrogens (tertiary/aromatic N) is 5. The van der Waals surface area contributed by atoms with Crippen molar-refractivity contribution in [2.24, 2.45) is 23.7 Å². The number of carbonyl (C=O) groups is 2. The summed E-state index contributed by atoms with van der Waals surface area (Å²) < 4.78 is 13.3. The monoisotopic (exact) mass is 625 g/mol. The number of hydrogen-bond acceptors (Lipinski definition) is 10. The van der Waals surface area contributed by atoms with Gasteiger partial charge >= 0.3 is 6.09 Å². The molecule has 4 unspecified atom stereocenters. The van der Waals surface area contributed by atoms with E-state index in [0.717, 1.165) is 38.5 Å². The predicted octanol–water partition coefficient (Wildman–Crippen LogP) is 2.43. The Labute approximate surface area is 264 Å². The number of nitrogens with one attached hydrogen (secondary N) is 1. The van der Waals surface area contributed by atoms with Crippen molar-refractivity contribution in [3.63, 3.8) is 0 Å². The molecule has 5 rings (SSSR count). The standard InChI is InChI=1S/C32H47N7O6/c1-19(2)23-10-7-20(3)15-25(23)45-32(43)38-13-11-21(12-14-38)5-4-6-26-36-29(33)27-30(37-26)39(17-34-27)18-44-28(24(41)16-40)31(42)35-22-8-9-22/h17,19-25,28,40-41H,5,7-16,18H2,1-3H3,(H,35,42)(H2,33,36,37)/t20?,23?,24?,25?,28-/m0/s1. The Balaban J connectivity index is 1.14. The van der Waals surface area contributed by atoms with Crippen molar-refractivity contribution < 1.29 is 29.3 Å². The summed E-state index contributed by atoms with van der Waals surface area (Å²) in [6, 6.07) is 0.0780. The first kappa shape index (κ1) is 32.9. The number of aromatic nitrogens is 4. The Morgan fingerprint density at radius 1 is 1.16 bits per heavy atom. The van der Waals surface area contributed by atoms with Gasteiger partial charge in [0.1, 0.15) is 24.5 Å². The second kappa shape index (κ2) is 14.7.